The molecule has 176 valence electrons. The topological polar surface area (TPSA) is 117 Å². The van der Waals surface area contributed by atoms with Crippen LogP contribution in [-0.2, 0) is 0 Å². The summed E-state index contributed by atoms with van der Waals surface area (Å²) in [6.45, 7) is 0. The number of nitriles is 1. The van der Waals surface area contributed by atoms with Crippen LogP contribution in [0, 0.1) is 11.3 Å². The quantitative estimate of drug-likeness (QED) is 0.457. The number of benzene rings is 1. The summed E-state index contributed by atoms with van der Waals surface area (Å²) in [5, 5.41) is 16.0. The Kier molecular flexibility index (Phi) is 8.35. The molecule has 3 aromatic rings. The van der Waals surface area contributed by atoms with Gasteiger partial charge in [-0.05, 0) is 62.8 Å². The largest absolute Gasteiger partial charge is 0.351 e. The van der Waals surface area contributed by atoms with Crippen LogP contribution in [0.3, 0.4) is 0 Å². The van der Waals surface area contributed by atoms with Crippen LogP contribution in [0.1, 0.15) is 63.0 Å². The standard InChI is InChI=1S/C23H28N8.2ClH/c24-13-15-5-9-17(10-6-15)27-21-20-22(31(14-26-20)19-3-1-2-4-19)30-23(29-21)28-18-11-7-16(25)8-12-18;;/h5-6,9-10,14,16,18-19H,1-4,7-8,11-12,25H2,(H2,27,28,29,30);2*1H/t16-,18-;;. The lowest BCUT2D eigenvalue weighted by Crippen LogP contribution is -2.33. The van der Waals surface area contributed by atoms with Crippen molar-refractivity contribution >= 4 is 53.4 Å². The minimum absolute atomic E-state index is 0. The maximum Gasteiger partial charge on any atom is 0.227 e. The molecule has 0 aliphatic heterocycles. The fourth-order valence-electron chi connectivity index (χ4n) is 4.73. The van der Waals surface area contributed by atoms with Gasteiger partial charge in [0.15, 0.2) is 17.0 Å². The van der Waals surface area contributed by atoms with E-state index in [9.17, 15) is 0 Å². The van der Waals surface area contributed by atoms with Crippen molar-refractivity contribution in [3.05, 3.63) is 36.2 Å². The molecule has 10 heteroatoms. The number of fused-ring (bicyclic) bond motifs is 1. The highest BCUT2D eigenvalue weighted by Gasteiger charge is 2.24. The molecule has 2 heterocycles. The van der Waals surface area contributed by atoms with Gasteiger partial charge in [0.05, 0.1) is 18.0 Å². The molecule has 33 heavy (non-hydrogen) atoms. The molecule has 8 nitrogen and oxygen atoms in total. The SMILES string of the molecule is Cl.Cl.N#Cc1ccc(Nc2nc(N[C@H]3CC[C@H](N)CC3)nc3c2ncn3C2CCCC2)cc1. The van der Waals surface area contributed by atoms with E-state index in [-0.39, 0.29) is 24.8 Å². The summed E-state index contributed by atoms with van der Waals surface area (Å²) in [6.07, 6.45) is 10.8. The minimum atomic E-state index is 0. The van der Waals surface area contributed by atoms with Crippen molar-refractivity contribution in [3.8, 4) is 6.07 Å². The second-order valence-corrected chi connectivity index (χ2v) is 8.73. The van der Waals surface area contributed by atoms with Crippen LogP contribution in [0.5, 0.6) is 0 Å². The fraction of sp³-hybridized carbons (Fsp3) is 0.478. The molecule has 4 N–H and O–H groups in total. The third-order valence-corrected chi connectivity index (χ3v) is 6.52. The van der Waals surface area contributed by atoms with Crippen LogP contribution < -0.4 is 16.4 Å². The number of anilines is 3. The normalized spacial score (nSPS) is 20.5. The lowest BCUT2D eigenvalue weighted by atomic mass is 9.92. The lowest BCUT2D eigenvalue weighted by molar-refractivity contribution is 0.410. The molecular weight excluding hydrogens is 459 g/mol. The predicted molar refractivity (Wildman–Crippen MR) is 136 cm³/mol. The molecule has 0 bridgehead atoms. The van der Waals surface area contributed by atoms with Gasteiger partial charge in [-0.3, -0.25) is 0 Å². The molecule has 5 rings (SSSR count). The molecule has 0 radical (unpaired) electrons. The summed E-state index contributed by atoms with van der Waals surface area (Å²) < 4.78 is 2.22. The Balaban J connectivity index is 0.00000153. The van der Waals surface area contributed by atoms with Crippen LogP contribution in [0.2, 0.25) is 0 Å². The highest BCUT2D eigenvalue weighted by atomic mass is 35.5. The Bertz CT molecular complexity index is 1090. The molecule has 2 saturated carbocycles. The minimum Gasteiger partial charge on any atom is -0.351 e. The maximum absolute atomic E-state index is 9.05. The second kappa shape index (κ2) is 11.0. The Morgan fingerprint density at radius 3 is 2.33 bits per heavy atom. The molecule has 2 aromatic heterocycles. The molecule has 2 fully saturated rings. The van der Waals surface area contributed by atoms with E-state index in [1.165, 1.54) is 12.8 Å². The molecule has 2 aliphatic rings. The summed E-state index contributed by atoms with van der Waals surface area (Å²) in [5.74, 6) is 1.31. The van der Waals surface area contributed by atoms with Gasteiger partial charge in [0.2, 0.25) is 5.95 Å². The number of nitrogens with one attached hydrogen (secondary N) is 2. The molecule has 2 aliphatic carbocycles. The molecule has 0 spiro atoms. The molecule has 0 unspecified atom stereocenters. The first-order valence-electron chi connectivity index (χ1n) is 11.2. The zero-order chi connectivity index (χ0) is 21.2. The number of hydrogen-bond donors (Lipinski definition) is 3. The van der Waals surface area contributed by atoms with Crippen molar-refractivity contribution in [3.63, 3.8) is 0 Å². The van der Waals surface area contributed by atoms with Crippen LogP contribution >= 0.6 is 24.8 Å². The summed E-state index contributed by atoms with van der Waals surface area (Å²) in [6, 6.07) is 10.6. The van der Waals surface area contributed by atoms with Crippen LogP contribution in [0.25, 0.3) is 11.2 Å². The fourth-order valence-corrected chi connectivity index (χ4v) is 4.73. The number of imidazole rings is 1. The van der Waals surface area contributed by atoms with Gasteiger partial charge in [-0.15, -0.1) is 24.8 Å². The third-order valence-electron chi connectivity index (χ3n) is 6.52. The maximum atomic E-state index is 9.05. The van der Waals surface area contributed by atoms with Gasteiger partial charge in [-0.1, -0.05) is 12.8 Å². The lowest BCUT2D eigenvalue weighted by Gasteiger charge is -2.27. The van der Waals surface area contributed by atoms with Gasteiger partial charge < -0.3 is 20.9 Å². The van der Waals surface area contributed by atoms with Crippen LogP contribution in [0.15, 0.2) is 30.6 Å². The molecular formula is C23H30Cl2N8. The number of hydrogen-bond acceptors (Lipinski definition) is 7. The summed E-state index contributed by atoms with van der Waals surface area (Å²) >= 11 is 0. The Labute approximate surface area is 206 Å². The van der Waals surface area contributed by atoms with Gasteiger partial charge in [-0.25, -0.2) is 4.98 Å². The van der Waals surface area contributed by atoms with E-state index in [4.69, 9.17) is 21.0 Å². The van der Waals surface area contributed by atoms with Gasteiger partial charge in [0, 0.05) is 23.8 Å². The number of rotatable bonds is 5. The average molecular weight is 489 g/mol. The van der Waals surface area contributed by atoms with E-state index in [0.29, 0.717) is 35.5 Å². The highest BCUT2D eigenvalue weighted by Crippen LogP contribution is 2.34. The Hall–Kier alpha value is -2.60. The number of nitrogens with two attached hydrogens (primary N) is 1. The highest BCUT2D eigenvalue weighted by molar-refractivity contribution is 5.87. The summed E-state index contributed by atoms with van der Waals surface area (Å²) in [7, 11) is 0. The molecule has 0 amide bonds. The molecule has 0 atom stereocenters. The predicted octanol–water partition coefficient (Wildman–Crippen LogP) is 5.08. The van der Waals surface area contributed by atoms with Crippen molar-refractivity contribution in [2.45, 2.75) is 69.5 Å². The third kappa shape index (κ3) is 5.49. The average Bonchev–Trinajstić information content (AvgIpc) is 3.46. The zero-order valence-corrected chi connectivity index (χ0v) is 20.0. The van der Waals surface area contributed by atoms with Crippen molar-refractivity contribution in [1.82, 2.24) is 19.5 Å². The van der Waals surface area contributed by atoms with E-state index in [1.54, 1.807) is 12.1 Å². The molecule has 0 saturated heterocycles. The monoisotopic (exact) mass is 488 g/mol. The van der Waals surface area contributed by atoms with Crippen LogP contribution in [-0.4, -0.2) is 31.6 Å². The first-order chi connectivity index (χ1) is 15.2. The van der Waals surface area contributed by atoms with Gasteiger partial charge in [0.25, 0.3) is 0 Å². The van der Waals surface area contributed by atoms with Gasteiger partial charge in [-0.2, -0.15) is 15.2 Å². The van der Waals surface area contributed by atoms with E-state index in [0.717, 1.165) is 55.4 Å². The van der Waals surface area contributed by atoms with Crippen molar-refractivity contribution in [1.29, 1.82) is 5.26 Å². The van der Waals surface area contributed by atoms with E-state index in [1.807, 2.05) is 18.5 Å². The van der Waals surface area contributed by atoms with E-state index in [2.05, 4.69) is 26.3 Å². The number of halogens is 2. The van der Waals surface area contributed by atoms with Crippen LogP contribution in [0.4, 0.5) is 17.5 Å². The smallest absolute Gasteiger partial charge is 0.227 e. The first-order valence-corrected chi connectivity index (χ1v) is 11.2. The number of aromatic nitrogens is 4. The van der Waals surface area contributed by atoms with Crippen molar-refractivity contribution in [2.24, 2.45) is 5.73 Å². The number of nitrogens with zero attached hydrogens (tertiary/aromatic N) is 5. The van der Waals surface area contributed by atoms with Gasteiger partial charge >= 0.3 is 0 Å². The zero-order valence-electron chi connectivity index (χ0n) is 18.4. The van der Waals surface area contributed by atoms with Crippen molar-refractivity contribution < 1.29 is 0 Å². The Morgan fingerprint density at radius 1 is 0.970 bits per heavy atom. The summed E-state index contributed by atoms with van der Waals surface area (Å²) in [4.78, 5) is 14.3. The Morgan fingerprint density at radius 2 is 1.67 bits per heavy atom. The summed E-state index contributed by atoms with van der Waals surface area (Å²) in [5.41, 5.74) is 9.20. The first kappa shape index (κ1) is 25.0. The van der Waals surface area contributed by atoms with E-state index < -0.39 is 0 Å². The van der Waals surface area contributed by atoms with Gasteiger partial charge in [0.1, 0.15) is 0 Å². The van der Waals surface area contributed by atoms with E-state index >= 15 is 0 Å². The second-order valence-electron chi connectivity index (χ2n) is 8.73. The molecule has 1 aromatic carbocycles. The van der Waals surface area contributed by atoms with Crippen molar-refractivity contribution in [2.75, 3.05) is 10.6 Å².